The Balaban J connectivity index is 1.65. The first kappa shape index (κ1) is 25.9. The number of carbonyl (C=O) groups is 1. The van der Waals surface area contributed by atoms with Crippen LogP contribution in [0.15, 0.2) is 39.8 Å². The average molecular weight is 513 g/mol. The van der Waals surface area contributed by atoms with E-state index in [-0.39, 0.29) is 42.9 Å². The van der Waals surface area contributed by atoms with Crippen molar-refractivity contribution in [2.75, 3.05) is 18.4 Å². The van der Waals surface area contributed by atoms with E-state index < -0.39 is 51.5 Å². The number of piperidine rings is 1. The molecule has 1 aliphatic rings. The van der Waals surface area contributed by atoms with Crippen molar-refractivity contribution in [2.45, 2.75) is 43.8 Å². The first-order valence-corrected chi connectivity index (χ1v) is 11.5. The molecule has 0 saturated carbocycles. The fourth-order valence-corrected chi connectivity index (χ4v) is 4.99. The van der Waals surface area contributed by atoms with Crippen LogP contribution in [0.25, 0.3) is 0 Å². The zero-order valence-corrected chi connectivity index (χ0v) is 18.6. The zero-order chi connectivity index (χ0) is 25.3. The highest BCUT2D eigenvalue weighted by atomic mass is 32.2. The molecule has 14 heteroatoms. The smallest absolute Gasteiger partial charge is 0.416 e. The molecule has 1 aromatic carbocycles. The number of carbonyl (C=O) groups excluding carboxylic acids is 1. The van der Waals surface area contributed by atoms with Crippen molar-refractivity contribution in [3.8, 4) is 0 Å². The summed E-state index contributed by atoms with van der Waals surface area (Å²) in [5.41, 5.74) is -1.12. The van der Waals surface area contributed by atoms with Crippen LogP contribution in [0.4, 0.5) is 36.8 Å². The summed E-state index contributed by atoms with van der Waals surface area (Å²) in [5, 5.41) is 4.00. The zero-order valence-electron chi connectivity index (χ0n) is 17.8. The van der Waals surface area contributed by atoms with Gasteiger partial charge in [-0.1, -0.05) is 18.2 Å². The summed E-state index contributed by atoms with van der Waals surface area (Å²) in [4.78, 5) is 12.2. The summed E-state index contributed by atoms with van der Waals surface area (Å²) in [5.74, 6) is -1.59. The number of aryl methyl sites for hydroxylation is 1. The van der Waals surface area contributed by atoms with Gasteiger partial charge in [0.05, 0.1) is 17.2 Å². The standard InChI is InChI=1S/C20H21F6N3O4S/c1-12-16(28-18(30)27-11-13-4-2-3-5-15(13)20(24,25)26)10-17(33-12)34(31,32)29-8-6-14(7-9-29)19(21,22)23/h2-5,10,14H,6-9,11H2,1H3,(H2,27,28,30). The lowest BCUT2D eigenvalue weighted by Crippen LogP contribution is -2.41. The second kappa shape index (κ2) is 9.49. The lowest BCUT2D eigenvalue weighted by molar-refractivity contribution is -0.182. The number of anilines is 1. The van der Waals surface area contributed by atoms with E-state index in [1.54, 1.807) is 0 Å². The molecule has 0 radical (unpaired) electrons. The second-order valence-electron chi connectivity index (χ2n) is 7.72. The summed E-state index contributed by atoms with van der Waals surface area (Å²) in [7, 11) is -4.24. The summed E-state index contributed by atoms with van der Waals surface area (Å²) < 4.78 is 109. The molecule has 2 heterocycles. The number of benzene rings is 1. The quantitative estimate of drug-likeness (QED) is 0.557. The number of rotatable bonds is 5. The van der Waals surface area contributed by atoms with E-state index in [4.69, 9.17) is 4.42 Å². The molecule has 1 fully saturated rings. The van der Waals surface area contributed by atoms with Crippen LogP contribution in [-0.2, 0) is 22.7 Å². The molecular weight excluding hydrogens is 492 g/mol. The highest BCUT2D eigenvalue weighted by molar-refractivity contribution is 7.89. The van der Waals surface area contributed by atoms with Crippen molar-refractivity contribution in [1.29, 1.82) is 0 Å². The van der Waals surface area contributed by atoms with Gasteiger partial charge < -0.3 is 15.1 Å². The number of sulfonamides is 1. The van der Waals surface area contributed by atoms with Gasteiger partial charge in [0.1, 0.15) is 5.76 Å². The number of hydrogen-bond donors (Lipinski definition) is 2. The molecule has 0 bridgehead atoms. The number of nitrogens with one attached hydrogen (secondary N) is 2. The van der Waals surface area contributed by atoms with Crippen molar-refractivity contribution < 1.29 is 44.0 Å². The van der Waals surface area contributed by atoms with Gasteiger partial charge in [0.2, 0.25) is 5.09 Å². The highest BCUT2D eigenvalue weighted by Crippen LogP contribution is 2.36. The van der Waals surface area contributed by atoms with Crippen molar-refractivity contribution in [1.82, 2.24) is 9.62 Å². The number of alkyl halides is 6. The predicted octanol–water partition coefficient (Wildman–Crippen LogP) is 4.89. The number of furan rings is 1. The predicted molar refractivity (Wildman–Crippen MR) is 108 cm³/mol. The van der Waals surface area contributed by atoms with Gasteiger partial charge in [0, 0.05) is 25.7 Å². The van der Waals surface area contributed by atoms with E-state index in [0.29, 0.717) is 0 Å². The van der Waals surface area contributed by atoms with Gasteiger partial charge >= 0.3 is 18.4 Å². The Hall–Kier alpha value is -2.74. The van der Waals surface area contributed by atoms with Gasteiger partial charge in [-0.05, 0) is 31.4 Å². The molecule has 2 aromatic rings. The van der Waals surface area contributed by atoms with Crippen molar-refractivity contribution >= 4 is 21.7 Å². The van der Waals surface area contributed by atoms with Crippen molar-refractivity contribution in [3.63, 3.8) is 0 Å². The van der Waals surface area contributed by atoms with Gasteiger partial charge in [-0.25, -0.2) is 13.2 Å². The third-order valence-corrected chi connectivity index (χ3v) is 7.17. The van der Waals surface area contributed by atoms with Gasteiger partial charge in [-0.15, -0.1) is 0 Å². The first-order valence-electron chi connectivity index (χ1n) is 10.1. The lowest BCUT2D eigenvalue weighted by atomic mass is 9.98. The third-order valence-electron chi connectivity index (χ3n) is 5.42. The maximum absolute atomic E-state index is 13.1. The molecule has 1 aromatic heterocycles. The Labute approximate surface area is 191 Å². The highest BCUT2D eigenvalue weighted by Gasteiger charge is 2.43. The van der Waals surface area contributed by atoms with Crippen molar-refractivity contribution in [2.24, 2.45) is 5.92 Å². The molecule has 0 aliphatic carbocycles. The van der Waals surface area contributed by atoms with E-state index in [2.05, 4.69) is 10.6 Å². The average Bonchev–Trinajstić information content (AvgIpc) is 3.12. The molecule has 0 unspecified atom stereocenters. The Bertz CT molecular complexity index is 1140. The fourth-order valence-electron chi connectivity index (χ4n) is 3.55. The van der Waals surface area contributed by atoms with Crippen LogP contribution in [-0.4, -0.2) is 38.0 Å². The molecule has 0 atom stereocenters. The number of urea groups is 1. The van der Waals surface area contributed by atoms with Crippen LogP contribution in [0.5, 0.6) is 0 Å². The van der Waals surface area contributed by atoms with Crippen LogP contribution < -0.4 is 10.6 Å². The van der Waals surface area contributed by atoms with E-state index in [1.807, 2.05) is 0 Å². The Morgan fingerprint density at radius 1 is 1.12 bits per heavy atom. The molecule has 188 valence electrons. The van der Waals surface area contributed by atoms with E-state index in [9.17, 15) is 39.6 Å². The van der Waals surface area contributed by atoms with Gasteiger partial charge in [0.25, 0.3) is 10.0 Å². The lowest BCUT2D eigenvalue weighted by Gasteiger charge is -2.31. The molecule has 34 heavy (non-hydrogen) atoms. The van der Waals surface area contributed by atoms with Crippen LogP contribution in [0.3, 0.4) is 0 Å². The number of halogens is 6. The Morgan fingerprint density at radius 2 is 1.74 bits per heavy atom. The maximum atomic E-state index is 13.1. The van der Waals surface area contributed by atoms with Crippen LogP contribution in [0, 0.1) is 12.8 Å². The SMILES string of the molecule is Cc1oc(S(=O)(=O)N2CCC(C(F)(F)F)CC2)cc1NC(=O)NCc1ccccc1C(F)(F)F. The molecule has 3 rings (SSSR count). The molecule has 2 amide bonds. The maximum Gasteiger partial charge on any atom is 0.416 e. The van der Waals surface area contributed by atoms with Crippen LogP contribution in [0.2, 0.25) is 0 Å². The van der Waals surface area contributed by atoms with Crippen LogP contribution in [0.1, 0.15) is 29.7 Å². The van der Waals surface area contributed by atoms with E-state index >= 15 is 0 Å². The molecule has 2 N–H and O–H groups in total. The monoisotopic (exact) mass is 513 g/mol. The molecule has 1 aliphatic heterocycles. The second-order valence-corrected chi connectivity index (χ2v) is 9.59. The normalized spacial score (nSPS) is 16.4. The summed E-state index contributed by atoms with van der Waals surface area (Å²) in [6.07, 6.45) is -9.76. The topological polar surface area (TPSA) is 91.7 Å². The Morgan fingerprint density at radius 3 is 2.32 bits per heavy atom. The number of hydrogen-bond acceptors (Lipinski definition) is 4. The number of amides is 2. The number of nitrogens with zero attached hydrogens (tertiary/aromatic N) is 1. The summed E-state index contributed by atoms with van der Waals surface area (Å²) in [6, 6.07) is 4.79. The largest absolute Gasteiger partial charge is 0.446 e. The van der Waals surface area contributed by atoms with Crippen LogP contribution >= 0.6 is 0 Å². The minimum absolute atomic E-state index is 0.00501. The minimum Gasteiger partial charge on any atom is -0.446 e. The fraction of sp³-hybridized carbons (Fsp3) is 0.450. The molecule has 1 saturated heterocycles. The summed E-state index contributed by atoms with van der Waals surface area (Å²) >= 11 is 0. The Kier molecular flexibility index (Phi) is 7.22. The minimum atomic E-state index is -4.60. The van der Waals surface area contributed by atoms with Crippen molar-refractivity contribution in [3.05, 3.63) is 47.2 Å². The van der Waals surface area contributed by atoms with E-state index in [0.717, 1.165) is 16.4 Å². The third kappa shape index (κ3) is 5.84. The first-order chi connectivity index (χ1) is 15.7. The molecule has 0 spiro atoms. The molecule has 7 nitrogen and oxygen atoms in total. The van der Waals surface area contributed by atoms with Gasteiger partial charge in [-0.2, -0.15) is 30.6 Å². The van der Waals surface area contributed by atoms with Gasteiger partial charge in [0.15, 0.2) is 0 Å². The summed E-state index contributed by atoms with van der Waals surface area (Å²) in [6.45, 7) is 0.226. The molecular formula is C20H21F6N3O4S. The van der Waals surface area contributed by atoms with Gasteiger partial charge in [-0.3, -0.25) is 0 Å². The van der Waals surface area contributed by atoms with E-state index in [1.165, 1.54) is 25.1 Å².